The number of aldehydes is 1. The van der Waals surface area contributed by atoms with Gasteiger partial charge in [-0.2, -0.15) is 0 Å². The van der Waals surface area contributed by atoms with E-state index in [1.165, 1.54) is 20.3 Å². The number of amides is 2. The molecular weight excluding hydrogens is 607 g/mol. The van der Waals surface area contributed by atoms with E-state index < -0.39 is 24.2 Å². The zero-order chi connectivity index (χ0) is 27.7. The quantitative estimate of drug-likeness (QED) is 0.190. The molecule has 1 saturated carbocycles. The predicted molar refractivity (Wildman–Crippen MR) is 148 cm³/mol. The molecule has 0 aromatic heterocycles. The molecule has 11 heteroatoms. The Bertz CT molecular complexity index is 1010. The lowest BCUT2D eigenvalue weighted by atomic mass is 9.86. The first-order valence-corrected chi connectivity index (χ1v) is 14.0. The summed E-state index contributed by atoms with van der Waals surface area (Å²) < 4.78 is 17.5. The average Bonchev–Trinajstić information content (AvgIpc) is 3.19. The molecule has 0 heterocycles. The van der Waals surface area contributed by atoms with Crippen LogP contribution in [0.2, 0.25) is 0 Å². The third kappa shape index (κ3) is 7.45. The van der Waals surface area contributed by atoms with Crippen LogP contribution < -0.4 is 14.8 Å². The summed E-state index contributed by atoms with van der Waals surface area (Å²) in [5.74, 6) is -0.0210. The van der Waals surface area contributed by atoms with E-state index in [1.54, 1.807) is 17.0 Å². The molecule has 1 aromatic rings. The summed E-state index contributed by atoms with van der Waals surface area (Å²) in [6, 6.07) is 2.34. The molecule has 3 rings (SSSR count). The molecule has 3 N–H and O–H groups in total. The SMILES string of the molecule is COCC(=O)N(C1CCCCCC1)C1CC(C(=O)NCCO)=CC(Oc2c(I)cc(C=O)cc2OC)C1O. The lowest BCUT2D eigenvalue weighted by molar-refractivity contribution is -0.146. The normalized spacial score (nSPS) is 22.1. The van der Waals surface area contributed by atoms with Gasteiger partial charge >= 0.3 is 0 Å². The van der Waals surface area contributed by atoms with Gasteiger partial charge in [-0.05, 0) is 53.6 Å². The van der Waals surface area contributed by atoms with E-state index in [0.717, 1.165) is 38.5 Å². The lowest BCUT2D eigenvalue weighted by Gasteiger charge is -2.44. The van der Waals surface area contributed by atoms with E-state index in [4.69, 9.17) is 14.2 Å². The van der Waals surface area contributed by atoms with Gasteiger partial charge < -0.3 is 34.6 Å². The molecule has 2 aliphatic rings. The number of aliphatic hydroxyl groups is 2. The van der Waals surface area contributed by atoms with Crippen LogP contribution in [0.3, 0.4) is 0 Å². The molecule has 1 fully saturated rings. The van der Waals surface area contributed by atoms with Crippen molar-refractivity contribution < 1.29 is 38.8 Å². The smallest absolute Gasteiger partial charge is 0.249 e. The number of halogens is 1. The number of nitrogens with zero attached hydrogens (tertiary/aromatic N) is 1. The number of rotatable bonds is 11. The van der Waals surface area contributed by atoms with Crippen LogP contribution in [0.25, 0.3) is 0 Å². The molecule has 210 valence electrons. The van der Waals surface area contributed by atoms with Gasteiger partial charge in [-0.3, -0.25) is 14.4 Å². The van der Waals surface area contributed by atoms with Gasteiger partial charge in [0.1, 0.15) is 25.1 Å². The van der Waals surface area contributed by atoms with Gasteiger partial charge in [0, 0.05) is 37.3 Å². The van der Waals surface area contributed by atoms with Crippen molar-refractivity contribution in [3.05, 3.63) is 32.9 Å². The Balaban J connectivity index is 2.03. The summed E-state index contributed by atoms with van der Waals surface area (Å²) in [7, 11) is 2.91. The van der Waals surface area contributed by atoms with E-state index in [9.17, 15) is 24.6 Å². The van der Waals surface area contributed by atoms with Crippen LogP contribution >= 0.6 is 22.6 Å². The van der Waals surface area contributed by atoms with Crippen molar-refractivity contribution in [2.75, 3.05) is 34.0 Å². The van der Waals surface area contributed by atoms with Crippen molar-refractivity contribution in [2.24, 2.45) is 0 Å². The van der Waals surface area contributed by atoms with Gasteiger partial charge in [-0.25, -0.2) is 0 Å². The first-order chi connectivity index (χ1) is 18.3. The van der Waals surface area contributed by atoms with Gasteiger partial charge in [0.25, 0.3) is 0 Å². The number of carbonyl (C=O) groups excluding carboxylic acids is 3. The fourth-order valence-corrected chi connectivity index (χ4v) is 5.95. The van der Waals surface area contributed by atoms with E-state index >= 15 is 0 Å². The summed E-state index contributed by atoms with van der Waals surface area (Å²) in [4.78, 5) is 39.4. The molecule has 10 nitrogen and oxygen atoms in total. The minimum absolute atomic E-state index is 0.0722. The molecule has 1 aromatic carbocycles. The Morgan fingerprint density at radius 1 is 1.18 bits per heavy atom. The number of carbonyl (C=O) groups is 3. The summed E-state index contributed by atoms with van der Waals surface area (Å²) in [5, 5.41) is 23.5. The van der Waals surface area contributed by atoms with E-state index in [1.807, 2.05) is 22.6 Å². The number of nitrogens with one attached hydrogen (secondary N) is 1. The highest BCUT2D eigenvalue weighted by Crippen LogP contribution is 2.37. The molecular formula is C27H37IN2O8. The zero-order valence-electron chi connectivity index (χ0n) is 21.9. The highest BCUT2D eigenvalue weighted by molar-refractivity contribution is 14.1. The molecule has 0 saturated heterocycles. The average molecular weight is 645 g/mol. The highest BCUT2D eigenvalue weighted by Gasteiger charge is 2.43. The molecule has 0 bridgehead atoms. The number of hydrogen-bond acceptors (Lipinski definition) is 8. The van der Waals surface area contributed by atoms with Crippen molar-refractivity contribution >= 4 is 40.7 Å². The second kappa shape index (κ2) is 14.8. The maximum Gasteiger partial charge on any atom is 0.249 e. The number of ether oxygens (including phenoxy) is 3. The highest BCUT2D eigenvalue weighted by atomic mass is 127. The minimum Gasteiger partial charge on any atom is -0.493 e. The number of aliphatic hydroxyl groups excluding tert-OH is 2. The van der Waals surface area contributed by atoms with Crippen molar-refractivity contribution in [1.29, 1.82) is 0 Å². The number of hydrogen-bond donors (Lipinski definition) is 3. The lowest BCUT2D eigenvalue weighted by Crippen LogP contribution is -2.58. The van der Waals surface area contributed by atoms with Gasteiger partial charge in [0.2, 0.25) is 11.8 Å². The molecule has 3 atom stereocenters. The van der Waals surface area contributed by atoms with Crippen LogP contribution in [-0.2, 0) is 14.3 Å². The van der Waals surface area contributed by atoms with E-state index in [2.05, 4.69) is 5.32 Å². The topological polar surface area (TPSA) is 135 Å². The predicted octanol–water partition coefficient (Wildman–Crippen LogP) is 2.23. The van der Waals surface area contributed by atoms with Crippen LogP contribution in [0.1, 0.15) is 55.3 Å². The Morgan fingerprint density at radius 3 is 2.50 bits per heavy atom. The molecule has 0 spiro atoms. The Morgan fingerprint density at radius 2 is 1.89 bits per heavy atom. The zero-order valence-corrected chi connectivity index (χ0v) is 24.0. The second-order valence-electron chi connectivity index (χ2n) is 9.55. The Labute approximate surface area is 236 Å². The summed E-state index contributed by atoms with van der Waals surface area (Å²) in [6.45, 7) is -0.285. The van der Waals surface area contributed by atoms with Gasteiger partial charge in [0.15, 0.2) is 11.5 Å². The summed E-state index contributed by atoms with van der Waals surface area (Å²) in [5.41, 5.74) is 0.756. The molecule has 0 radical (unpaired) electrons. The second-order valence-corrected chi connectivity index (χ2v) is 10.7. The molecule has 2 amide bonds. The summed E-state index contributed by atoms with van der Waals surface area (Å²) in [6.07, 6.45) is 5.98. The maximum atomic E-state index is 13.4. The maximum absolute atomic E-state index is 13.4. The van der Waals surface area contributed by atoms with Crippen molar-refractivity contribution in [3.8, 4) is 11.5 Å². The van der Waals surface area contributed by atoms with Crippen LogP contribution in [0, 0.1) is 3.57 Å². The standard InChI is InChI=1S/C27H37IN2O8/c1-36-16-24(33)30(19-7-5-3-4-6-8-19)21-13-18(27(35)29-9-10-31)14-22(25(21)34)38-26-20(28)11-17(15-32)12-23(26)37-2/h11-12,14-15,19,21-22,25,31,34H,3-10,13,16H2,1-2H3,(H,29,35). The fourth-order valence-electron chi connectivity index (χ4n) is 5.20. The molecule has 3 unspecified atom stereocenters. The molecule has 38 heavy (non-hydrogen) atoms. The van der Waals surface area contributed by atoms with Crippen molar-refractivity contribution in [3.63, 3.8) is 0 Å². The number of methoxy groups -OCH3 is 2. The van der Waals surface area contributed by atoms with Crippen molar-refractivity contribution in [1.82, 2.24) is 10.2 Å². The number of benzene rings is 1. The van der Waals surface area contributed by atoms with Crippen LogP contribution in [0.15, 0.2) is 23.8 Å². The Hall–Kier alpha value is -2.22. The fraction of sp³-hybridized carbons (Fsp3) is 0.593. The first kappa shape index (κ1) is 30.3. The van der Waals surface area contributed by atoms with Gasteiger partial charge in [-0.15, -0.1) is 0 Å². The third-order valence-corrected chi connectivity index (χ3v) is 7.79. The monoisotopic (exact) mass is 644 g/mol. The Kier molecular flexibility index (Phi) is 11.8. The first-order valence-electron chi connectivity index (χ1n) is 12.9. The molecule has 0 aliphatic heterocycles. The van der Waals surface area contributed by atoms with E-state index in [0.29, 0.717) is 32.5 Å². The van der Waals surface area contributed by atoms with Gasteiger partial charge in [0.05, 0.1) is 23.3 Å². The minimum atomic E-state index is -1.15. The van der Waals surface area contributed by atoms with Crippen LogP contribution in [0.5, 0.6) is 11.5 Å². The van der Waals surface area contributed by atoms with Crippen LogP contribution in [-0.4, -0.2) is 91.5 Å². The largest absolute Gasteiger partial charge is 0.493 e. The summed E-state index contributed by atoms with van der Waals surface area (Å²) >= 11 is 2.02. The molecule has 2 aliphatic carbocycles. The van der Waals surface area contributed by atoms with Gasteiger partial charge in [-0.1, -0.05) is 25.7 Å². The van der Waals surface area contributed by atoms with Crippen molar-refractivity contribution in [2.45, 2.75) is 69.2 Å². The van der Waals surface area contributed by atoms with E-state index in [-0.39, 0.29) is 38.1 Å². The third-order valence-electron chi connectivity index (χ3n) is 6.99. The van der Waals surface area contributed by atoms with Crippen LogP contribution in [0.4, 0.5) is 0 Å².